The number of aromatic nitrogens is 7. The van der Waals surface area contributed by atoms with Crippen LogP contribution in [0.1, 0.15) is 23.1 Å². The number of nitrogens with one attached hydrogen (secondary N) is 1. The number of hydrogen-bond donors (Lipinski definition) is 2. The fourth-order valence-corrected chi connectivity index (χ4v) is 4.21. The Morgan fingerprint density at radius 2 is 1.89 bits per heavy atom. The molecule has 1 aliphatic rings. The first-order valence-electron chi connectivity index (χ1n) is 9.90. The van der Waals surface area contributed by atoms with Crippen LogP contribution in [0.2, 0.25) is 10.2 Å². The highest BCUT2D eigenvalue weighted by Crippen LogP contribution is 2.50. The number of pyridine rings is 1. The maximum Gasteiger partial charge on any atom is 0.401 e. The fraction of sp³-hybridized carbons (Fsp3) is 0.211. The highest BCUT2D eigenvalue weighted by atomic mass is 35.5. The summed E-state index contributed by atoms with van der Waals surface area (Å²) < 4.78 is 43.6. The number of amides is 2. The van der Waals surface area contributed by atoms with E-state index in [0.29, 0.717) is 0 Å². The van der Waals surface area contributed by atoms with Crippen LogP contribution in [0.5, 0.6) is 0 Å². The topological polar surface area (TPSA) is 143 Å². The molecule has 12 nitrogen and oxygen atoms in total. The first-order chi connectivity index (χ1) is 16.9. The largest absolute Gasteiger partial charge is 0.476 e. The molecule has 0 aliphatic carbocycles. The molecule has 2 N–H and O–H groups in total. The summed E-state index contributed by atoms with van der Waals surface area (Å²) in [7, 11) is 0. The summed E-state index contributed by atoms with van der Waals surface area (Å²) in [4.78, 5) is 33.9. The number of halogens is 5. The smallest absolute Gasteiger partial charge is 0.401 e. The van der Waals surface area contributed by atoms with Gasteiger partial charge < -0.3 is 10.4 Å². The minimum atomic E-state index is -4.73. The van der Waals surface area contributed by atoms with Gasteiger partial charge >= 0.3 is 18.2 Å². The number of rotatable bonds is 3. The molecule has 0 aromatic carbocycles. The van der Waals surface area contributed by atoms with Crippen molar-refractivity contribution in [1.29, 1.82) is 0 Å². The number of carbonyl (C=O) groups is 2. The van der Waals surface area contributed by atoms with Gasteiger partial charge in [0.15, 0.2) is 22.3 Å². The second kappa shape index (κ2) is 8.03. The van der Waals surface area contributed by atoms with Crippen molar-refractivity contribution in [2.24, 2.45) is 0 Å². The van der Waals surface area contributed by atoms with E-state index in [1.54, 1.807) is 0 Å². The van der Waals surface area contributed by atoms with Gasteiger partial charge in [-0.1, -0.05) is 23.2 Å². The number of carbonyl (C=O) groups excluding carboxylic acids is 1. The van der Waals surface area contributed by atoms with E-state index in [4.69, 9.17) is 28.3 Å². The monoisotopic (exact) mass is 541 g/mol. The normalized spacial score (nSPS) is 17.4. The Morgan fingerprint density at radius 1 is 1.14 bits per heavy atom. The number of hydrogen-bond acceptors (Lipinski definition) is 7. The van der Waals surface area contributed by atoms with Crippen LogP contribution in [0.3, 0.4) is 0 Å². The maximum absolute atomic E-state index is 14.2. The number of carboxylic acids is 1. The Labute approximate surface area is 208 Å². The predicted octanol–water partition coefficient (Wildman–Crippen LogP) is 3.58. The minimum absolute atomic E-state index is 0.0273. The molecule has 0 saturated carbocycles. The second-order valence-electron chi connectivity index (χ2n) is 7.93. The molecule has 1 aliphatic heterocycles. The van der Waals surface area contributed by atoms with E-state index in [2.05, 4.69) is 30.6 Å². The van der Waals surface area contributed by atoms with Gasteiger partial charge in [0.25, 0.3) is 0 Å². The van der Waals surface area contributed by atoms with Crippen molar-refractivity contribution in [2.75, 3.05) is 16.8 Å². The predicted molar refractivity (Wildman–Crippen MR) is 119 cm³/mol. The Bertz CT molecular complexity index is 1550. The maximum atomic E-state index is 14.2. The first kappa shape index (κ1) is 23.7. The number of aromatic carboxylic acids is 1. The van der Waals surface area contributed by atoms with Gasteiger partial charge in [-0.3, -0.25) is 4.90 Å². The fourth-order valence-electron chi connectivity index (χ4n) is 3.79. The molecule has 0 saturated heterocycles. The molecule has 4 aromatic rings. The van der Waals surface area contributed by atoms with Crippen molar-refractivity contribution in [3.63, 3.8) is 0 Å². The van der Waals surface area contributed by atoms with Crippen LogP contribution < -0.4 is 10.2 Å². The van der Waals surface area contributed by atoms with E-state index in [0.717, 1.165) is 39.7 Å². The van der Waals surface area contributed by atoms with Gasteiger partial charge in [0, 0.05) is 12.6 Å². The van der Waals surface area contributed by atoms with E-state index < -0.39 is 30.1 Å². The van der Waals surface area contributed by atoms with E-state index in [-0.39, 0.29) is 44.4 Å². The molecule has 2 amide bonds. The Hall–Kier alpha value is -3.98. The van der Waals surface area contributed by atoms with Crippen LogP contribution in [0.15, 0.2) is 30.7 Å². The summed E-state index contributed by atoms with van der Waals surface area (Å²) in [6.07, 6.45) is -1.42. The molecular weight excluding hydrogens is 530 g/mol. The zero-order chi connectivity index (χ0) is 26.0. The van der Waals surface area contributed by atoms with Gasteiger partial charge in [-0.2, -0.15) is 23.4 Å². The average molecular weight is 542 g/mol. The standard InChI is InChI=1S/C19H12Cl2F3N9O3/c1-18(19(22,23)24)7-31(11-6-25-13-3-12(21)30-32(13)14(11)18)17(36)28-8-2-9(20)15(26-4-8)33-27-5-10(29-33)16(34)35/h2-6H,7H2,1H3,(H,28,36)(H,34,35)/t18-/m1/s1. The van der Waals surface area contributed by atoms with Crippen LogP contribution in [-0.2, 0) is 5.41 Å². The highest BCUT2D eigenvalue weighted by Gasteiger charge is 2.60. The molecule has 0 spiro atoms. The number of nitrogens with zero attached hydrogens (tertiary/aromatic N) is 8. The summed E-state index contributed by atoms with van der Waals surface area (Å²) >= 11 is 12.1. The number of urea groups is 1. The number of anilines is 2. The highest BCUT2D eigenvalue weighted by molar-refractivity contribution is 6.32. The molecule has 0 unspecified atom stereocenters. The molecule has 0 fully saturated rings. The van der Waals surface area contributed by atoms with Gasteiger partial charge in [-0.25, -0.2) is 24.1 Å². The van der Waals surface area contributed by atoms with E-state index in [1.165, 1.54) is 12.1 Å². The first-order valence-corrected chi connectivity index (χ1v) is 10.7. The van der Waals surface area contributed by atoms with Crippen molar-refractivity contribution in [2.45, 2.75) is 18.5 Å². The third-order valence-corrected chi connectivity index (χ3v) is 6.03. The van der Waals surface area contributed by atoms with Crippen molar-refractivity contribution in [3.8, 4) is 5.82 Å². The van der Waals surface area contributed by atoms with E-state index in [9.17, 15) is 22.8 Å². The number of fused-ring (bicyclic) bond motifs is 3. The van der Waals surface area contributed by atoms with Gasteiger partial charge in [-0.15, -0.1) is 9.90 Å². The van der Waals surface area contributed by atoms with Crippen molar-refractivity contribution >= 4 is 52.2 Å². The molecule has 0 bridgehead atoms. The molecule has 17 heteroatoms. The molecule has 5 rings (SSSR count). The minimum Gasteiger partial charge on any atom is -0.476 e. The van der Waals surface area contributed by atoms with E-state index in [1.807, 2.05) is 0 Å². The van der Waals surface area contributed by atoms with Crippen LogP contribution in [0.4, 0.5) is 29.3 Å². The zero-order valence-electron chi connectivity index (χ0n) is 17.8. The van der Waals surface area contributed by atoms with Crippen LogP contribution >= 0.6 is 23.2 Å². The number of alkyl halides is 3. The van der Waals surface area contributed by atoms with Crippen LogP contribution in [0, 0.1) is 0 Å². The SMILES string of the molecule is C[C@@]1(C(F)(F)F)CN(C(=O)Nc2cnc(-n3ncc(C(=O)O)n3)c(Cl)c2)c2cnc3cc(Cl)nn3c21. The van der Waals surface area contributed by atoms with Crippen molar-refractivity contribution < 1.29 is 27.9 Å². The Balaban J connectivity index is 1.47. The quantitative estimate of drug-likeness (QED) is 0.400. The van der Waals surface area contributed by atoms with Crippen LogP contribution in [0.25, 0.3) is 11.5 Å². The molecule has 4 aromatic heterocycles. The Morgan fingerprint density at radius 3 is 2.53 bits per heavy atom. The van der Waals surface area contributed by atoms with Crippen LogP contribution in [-0.4, -0.2) is 64.4 Å². The zero-order valence-corrected chi connectivity index (χ0v) is 19.3. The van der Waals surface area contributed by atoms with Crippen molar-refractivity contribution in [1.82, 2.24) is 34.6 Å². The summed E-state index contributed by atoms with van der Waals surface area (Å²) in [6, 6.07) is 1.67. The average Bonchev–Trinajstić information content (AvgIpc) is 3.49. The third kappa shape index (κ3) is 3.67. The lowest BCUT2D eigenvalue weighted by atomic mass is 9.88. The van der Waals surface area contributed by atoms with Gasteiger partial charge in [-0.05, 0) is 13.0 Å². The van der Waals surface area contributed by atoms with E-state index >= 15 is 0 Å². The molecule has 0 radical (unpaired) electrons. The van der Waals surface area contributed by atoms with Gasteiger partial charge in [0.05, 0.1) is 40.7 Å². The summed E-state index contributed by atoms with van der Waals surface area (Å²) in [5, 5.41) is 22.7. The van der Waals surface area contributed by atoms with Crippen molar-refractivity contribution in [3.05, 3.63) is 52.3 Å². The summed E-state index contributed by atoms with van der Waals surface area (Å²) in [5.41, 5.74) is -3.04. The third-order valence-electron chi connectivity index (χ3n) is 5.57. The lowest BCUT2D eigenvalue weighted by Gasteiger charge is -2.28. The van der Waals surface area contributed by atoms with Gasteiger partial charge in [0.1, 0.15) is 5.41 Å². The molecular formula is C19H12Cl2F3N9O3. The molecule has 186 valence electrons. The summed E-state index contributed by atoms with van der Waals surface area (Å²) in [6.45, 7) is 0.216. The summed E-state index contributed by atoms with van der Waals surface area (Å²) in [5.74, 6) is -1.33. The Kier molecular flexibility index (Phi) is 5.29. The number of carboxylic acid groups (broad SMARTS) is 1. The molecule has 5 heterocycles. The molecule has 36 heavy (non-hydrogen) atoms. The lowest BCUT2D eigenvalue weighted by molar-refractivity contribution is -0.181. The molecule has 1 atom stereocenters. The van der Waals surface area contributed by atoms with Gasteiger partial charge in [0.2, 0.25) is 0 Å². The lowest BCUT2D eigenvalue weighted by Crippen LogP contribution is -2.46. The second-order valence-corrected chi connectivity index (χ2v) is 8.72.